The Hall–Kier alpha value is -0.860. The van der Waals surface area contributed by atoms with Crippen LogP contribution in [0.25, 0.3) is 0 Å². The normalized spacial score (nSPS) is 33.3. The van der Waals surface area contributed by atoms with Gasteiger partial charge in [0.25, 0.3) is 0 Å². The highest BCUT2D eigenvalue weighted by molar-refractivity contribution is 6.05. The van der Waals surface area contributed by atoms with Gasteiger partial charge in [0, 0.05) is 6.04 Å². The molecule has 1 saturated heterocycles. The molecule has 3 nitrogen and oxygen atoms in total. The lowest BCUT2D eigenvalue weighted by atomic mass is 9.96. The Labute approximate surface area is 90.8 Å². The van der Waals surface area contributed by atoms with Gasteiger partial charge in [0.05, 0.1) is 13.0 Å². The van der Waals surface area contributed by atoms with Crippen LogP contribution in [0.1, 0.15) is 45.4 Å². The molecule has 2 unspecified atom stereocenters. The van der Waals surface area contributed by atoms with Crippen LogP contribution in [-0.4, -0.2) is 29.2 Å². The molecule has 3 heteroatoms. The molecule has 84 valence electrons. The first kappa shape index (κ1) is 10.7. The van der Waals surface area contributed by atoms with Crippen molar-refractivity contribution in [2.24, 2.45) is 5.92 Å². The number of rotatable bonds is 1. The molecule has 1 aliphatic heterocycles. The zero-order chi connectivity index (χ0) is 10.8. The standard InChI is InChI=1S/C12H19NO2/c1-9-5-3-2-4-6-11(9)13-8-10(14)7-12(13)15/h9,11H,2-8H2,1H3. The summed E-state index contributed by atoms with van der Waals surface area (Å²) in [5, 5.41) is 0. The maximum Gasteiger partial charge on any atom is 0.230 e. The van der Waals surface area contributed by atoms with E-state index in [1.807, 2.05) is 4.90 Å². The Bertz CT molecular complexity index is 275. The second kappa shape index (κ2) is 4.33. The number of likely N-dealkylation sites (tertiary alicyclic amines) is 1. The van der Waals surface area contributed by atoms with Crippen LogP contribution in [0.3, 0.4) is 0 Å². The Balaban J connectivity index is 2.07. The fourth-order valence-electron chi connectivity index (χ4n) is 2.84. The van der Waals surface area contributed by atoms with Crippen LogP contribution in [0.2, 0.25) is 0 Å². The summed E-state index contributed by atoms with van der Waals surface area (Å²) in [4.78, 5) is 24.7. The smallest absolute Gasteiger partial charge is 0.230 e. The number of ketones is 1. The Morgan fingerprint density at radius 2 is 1.87 bits per heavy atom. The van der Waals surface area contributed by atoms with E-state index < -0.39 is 0 Å². The summed E-state index contributed by atoms with van der Waals surface area (Å²) in [6.07, 6.45) is 6.17. The van der Waals surface area contributed by atoms with E-state index in [2.05, 4.69) is 6.92 Å². The summed E-state index contributed by atoms with van der Waals surface area (Å²) in [6.45, 7) is 2.58. The van der Waals surface area contributed by atoms with Crippen molar-refractivity contribution in [1.82, 2.24) is 4.90 Å². The van der Waals surface area contributed by atoms with Crippen LogP contribution in [0.4, 0.5) is 0 Å². The first-order valence-electron chi connectivity index (χ1n) is 5.99. The van der Waals surface area contributed by atoms with Crippen molar-refractivity contribution >= 4 is 11.7 Å². The highest BCUT2D eigenvalue weighted by atomic mass is 16.2. The minimum atomic E-state index is 0.0544. The van der Waals surface area contributed by atoms with E-state index in [9.17, 15) is 9.59 Å². The Morgan fingerprint density at radius 3 is 2.53 bits per heavy atom. The topological polar surface area (TPSA) is 37.4 Å². The van der Waals surface area contributed by atoms with E-state index in [-0.39, 0.29) is 18.1 Å². The van der Waals surface area contributed by atoms with E-state index >= 15 is 0 Å². The van der Waals surface area contributed by atoms with Gasteiger partial charge in [-0.15, -0.1) is 0 Å². The van der Waals surface area contributed by atoms with Gasteiger partial charge in [-0.2, -0.15) is 0 Å². The molecule has 0 N–H and O–H groups in total. The molecule has 2 atom stereocenters. The number of nitrogens with zero attached hydrogens (tertiary/aromatic N) is 1. The zero-order valence-corrected chi connectivity index (χ0v) is 9.37. The first-order chi connectivity index (χ1) is 7.18. The SMILES string of the molecule is CC1CCCCCC1N1CC(=O)CC1=O. The van der Waals surface area contributed by atoms with Crippen LogP contribution in [-0.2, 0) is 9.59 Å². The van der Waals surface area contributed by atoms with Crippen LogP contribution in [0.15, 0.2) is 0 Å². The minimum absolute atomic E-state index is 0.0544. The molecule has 1 saturated carbocycles. The van der Waals surface area contributed by atoms with E-state index in [4.69, 9.17) is 0 Å². The molecular formula is C12H19NO2. The maximum atomic E-state index is 11.6. The van der Waals surface area contributed by atoms with Crippen molar-refractivity contribution in [3.8, 4) is 0 Å². The highest BCUT2D eigenvalue weighted by Gasteiger charge is 2.35. The average Bonchev–Trinajstić information content (AvgIpc) is 2.39. The monoisotopic (exact) mass is 209 g/mol. The highest BCUT2D eigenvalue weighted by Crippen LogP contribution is 2.29. The predicted octanol–water partition coefficient (Wildman–Crippen LogP) is 1.76. The van der Waals surface area contributed by atoms with E-state index in [0.29, 0.717) is 18.5 Å². The average molecular weight is 209 g/mol. The summed E-state index contributed by atoms with van der Waals surface area (Å²) in [6, 6.07) is 0.325. The molecule has 1 amide bonds. The number of Topliss-reactive ketones (excluding diaryl/α,β-unsaturated/α-hetero) is 1. The van der Waals surface area contributed by atoms with Gasteiger partial charge < -0.3 is 4.90 Å². The van der Waals surface area contributed by atoms with Crippen LogP contribution in [0, 0.1) is 5.92 Å². The van der Waals surface area contributed by atoms with Gasteiger partial charge in [-0.25, -0.2) is 0 Å². The van der Waals surface area contributed by atoms with Crippen molar-refractivity contribution in [3.05, 3.63) is 0 Å². The van der Waals surface area contributed by atoms with Crippen molar-refractivity contribution in [2.75, 3.05) is 6.54 Å². The number of carbonyl (C=O) groups excluding carboxylic acids is 2. The molecule has 1 heterocycles. The fraction of sp³-hybridized carbons (Fsp3) is 0.833. The number of carbonyl (C=O) groups is 2. The second-order valence-electron chi connectivity index (χ2n) is 4.92. The van der Waals surface area contributed by atoms with Gasteiger partial charge in [-0.1, -0.05) is 26.2 Å². The molecule has 0 aromatic carbocycles. The molecular weight excluding hydrogens is 190 g/mol. The van der Waals surface area contributed by atoms with Crippen molar-refractivity contribution in [1.29, 1.82) is 0 Å². The lowest BCUT2D eigenvalue weighted by Gasteiger charge is -2.30. The second-order valence-corrected chi connectivity index (χ2v) is 4.92. The zero-order valence-electron chi connectivity index (χ0n) is 9.37. The van der Waals surface area contributed by atoms with Gasteiger partial charge in [0.2, 0.25) is 5.91 Å². The quantitative estimate of drug-likeness (QED) is 0.487. The maximum absolute atomic E-state index is 11.6. The van der Waals surface area contributed by atoms with Crippen LogP contribution < -0.4 is 0 Å². The lowest BCUT2D eigenvalue weighted by Crippen LogP contribution is -2.40. The molecule has 2 aliphatic rings. The lowest BCUT2D eigenvalue weighted by molar-refractivity contribution is -0.130. The third-order valence-corrected chi connectivity index (χ3v) is 3.73. The largest absolute Gasteiger partial charge is 0.332 e. The van der Waals surface area contributed by atoms with Gasteiger partial charge in [0.1, 0.15) is 0 Å². The molecule has 0 aromatic heterocycles. The fourth-order valence-corrected chi connectivity index (χ4v) is 2.84. The molecule has 0 bridgehead atoms. The third kappa shape index (κ3) is 2.21. The number of amides is 1. The summed E-state index contributed by atoms with van der Waals surface area (Å²) in [7, 11) is 0. The molecule has 2 fully saturated rings. The van der Waals surface area contributed by atoms with Crippen molar-refractivity contribution < 1.29 is 9.59 Å². The predicted molar refractivity (Wildman–Crippen MR) is 57.4 cm³/mol. The summed E-state index contributed by atoms with van der Waals surface area (Å²) in [5.74, 6) is 0.706. The van der Waals surface area contributed by atoms with Gasteiger partial charge >= 0.3 is 0 Å². The third-order valence-electron chi connectivity index (χ3n) is 3.73. The van der Waals surface area contributed by atoms with E-state index in [0.717, 1.165) is 6.42 Å². The van der Waals surface area contributed by atoms with Crippen molar-refractivity contribution in [2.45, 2.75) is 51.5 Å². The molecule has 15 heavy (non-hydrogen) atoms. The molecule has 1 aliphatic carbocycles. The van der Waals surface area contributed by atoms with Gasteiger partial charge in [-0.3, -0.25) is 9.59 Å². The summed E-state index contributed by atoms with van der Waals surface area (Å²) >= 11 is 0. The molecule has 2 rings (SSSR count). The van der Waals surface area contributed by atoms with Crippen LogP contribution in [0.5, 0.6) is 0 Å². The molecule has 0 spiro atoms. The minimum Gasteiger partial charge on any atom is -0.332 e. The molecule has 0 radical (unpaired) electrons. The molecule has 0 aromatic rings. The Morgan fingerprint density at radius 1 is 1.13 bits per heavy atom. The van der Waals surface area contributed by atoms with Crippen molar-refractivity contribution in [3.63, 3.8) is 0 Å². The number of hydrogen-bond acceptors (Lipinski definition) is 2. The number of hydrogen-bond donors (Lipinski definition) is 0. The summed E-state index contributed by atoms with van der Waals surface area (Å²) in [5.41, 5.74) is 0. The Kier molecular flexibility index (Phi) is 3.08. The van der Waals surface area contributed by atoms with E-state index in [1.54, 1.807) is 0 Å². The van der Waals surface area contributed by atoms with Crippen LogP contribution >= 0.6 is 0 Å². The first-order valence-corrected chi connectivity index (χ1v) is 5.99. The van der Waals surface area contributed by atoms with Gasteiger partial charge in [0.15, 0.2) is 5.78 Å². The summed E-state index contributed by atoms with van der Waals surface area (Å²) < 4.78 is 0. The van der Waals surface area contributed by atoms with E-state index in [1.165, 1.54) is 25.7 Å². The van der Waals surface area contributed by atoms with Gasteiger partial charge in [-0.05, 0) is 18.8 Å².